The average molecular weight is 309 g/mol. The molecule has 120 valence electrons. The van der Waals surface area contributed by atoms with Crippen molar-refractivity contribution in [2.75, 3.05) is 20.8 Å². The van der Waals surface area contributed by atoms with Crippen molar-refractivity contribution < 1.29 is 14.3 Å². The monoisotopic (exact) mass is 309 g/mol. The second-order valence-corrected chi connectivity index (χ2v) is 4.62. The van der Waals surface area contributed by atoms with Crippen LogP contribution in [0.25, 0.3) is 0 Å². The number of carbonyl (C=O) groups is 1. The van der Waals surface area contributed by atoms with Gasteiger partial charge in [0.1, 0.15) is 6.33 Å². The van der Waals surface area contributed by atoms with E-state index in [1.165, 1.54) is 11.8 Å². The molecule has 0 saturated carbocycles. The first-order chi connectivity index (χ1) is 10.6. The number of methoxy groups -OCH3 is 2. The lowest BCUT2D eigenvalue weighted by Crippen LogP contribution is -2.30. The minimum absolute atomic E-state index is 0.0363. The second-order valence-electron chi connectivity index (χ2n) is 4.62. The van der Waals surface area contributed by atoms with Gasteiger partial charge in [-0.3, -0.25) is 4.79 Å². The van der Waals surface area contributed by atoms with Gasteiger partial charge >= 0.3 is 6.01 Å². The summed E-state index contributed by atoms with van der Waals surface area (Å²) in [5.41, 5.74) is 0. The lowest BCUT2D eigenvalue weighted by Gasteiger charge is -2.13. The Labute approximate surface area is 127 Å². The highest BCUT2D eigenvalue weighted by Gasteiger charge is 2.20. The fourth-order valence-corrected chi connectivity index (χ4v) is 1.93. The highest BCUT2D eigenvalue weighted by Crippen LogP contribution is 2.11. The van der Waals surface area contributed by atoms with Gasteiger partial charge in [-0.05, 0) is 6.92 Å². The molecule has 1 atom stereocenters. The van der Waals surface area contributed by atoms with Crippen LogP contribution in [0, 0.1) is 0 Å². The number of aromatic nitrogens is 6. The van der Waals surface area contributed by atoms with Gasteiger partial charge in [-0.2, -0.15) is 4.98 Å². The molecule has 2 heterocycles. The van der Waals surface area contributed by atoms with Gasteiger partial charge in [0.15, 0.2) is 5.82 Å². The van der Waals surface area contributed by atoms with Gasteiger partial charge in [0.25, 0.3) is 5.91 Å². The maximum atomic E-state index is 12.2. The zero-order valence-corrected chi connectivity index (χ0v) is 13.0. The van der Waals surface area contributed by atoms with Crippen molar-refractivity contribution in [1.82, 2.24) is 34.8 Å². The number of hydrogen-bond donors (Lipinski definition) is 1. The minimum atomic E-state index is -0.410. The normalized spacial score (nSPS) is 12.2. The van der Waals surface area contributed by atoms with Crippen LogP contribution in [-0.4, -0.2) is 56.3 Å². The van der Waals surface area contributed by atoms with Crippen molar-refractivity contribution in [3.05, 3.63) is 18.0 Å². The minimum Gasteiger partial charge on any atom is -0.467 e. The van der Waals surface area contributed by atoms with Crippen LogP contribution in [0.2, 0.25) is 0 Å². The molecule has 2 aromatic heterocycles. The summed E-state index contributed by atoms with van der Waals surface area (Å²) in [6, 6.07) is -0.0808. The van der Waals surface area contributed by atoms with E-state index in [2.05, 4.69) is 25.6 Å². The Morgan fingerprint density at radius 3 is 2.86 bits per heavy atom. The van der Waals surface area contributed by atoms with Gasteiger partial charge in [0, 0.05) is 20.7 Å². The van der Waals surface area contributed by atoms with Crippen molar-refractivity contribution in [3.8, 4) is 6.01 Å². The number of ether oxygens (including phenoxy) is 2. The molecule has 0 fully saturated rings. The summed E-state index contributed by atoms with van der Waals surface area (Å²) in [7, 11) is 4.73. The van der Waals surface area contributed by atoms with Gasteiger partial charge in [-0.1, -0.05) is 0 Å². The van der Waals surface area contributed by atoms with E-state index in [1.54, 1.807) is 20.5 Å². The predicted octanol–water partition coefficient (Wildman–Crippen LogP) is -0.447. The summed E-state index contributed by atoms with van der Waals surface area (Å²) in [6.45, 7) is 2.95. The average Bonchev–Trinajstić information content (AvgIpc) is 3.11. The van der Waals surface area contributed by atoms with E-state index in [0.717, 1.165) is 0 Å². The van der Waals surface area contributed by atoms with E-state index in [1.807, 2.05) is 11.5 Å². The standard InChI is InChI=1S/C12H19N7O3/c1-8(10-16-13-7-19(10)5-6-21-3)14-11(20)9-15-12(22-4)18(2)17-9/h7-8H,5-6H2,1-4H3,(H,14,20). The van der Waals surface area contributed by atoms with Crippen LogP contribution in [0.15, 0.2) is 6.33 Å². The molecule has 0 saturated heterocycles. The number of aryl methyl sites for hydroxylation is 1. The molecule has 2 rings (SSSR count). The SMILES string of the molecule is COCCn1cnnc1C(C)NC(=O)c1nc(OC)n(C)n1. The van der Waals surface area contributed by atoms with E-state index in [0.29, 0.717) is 19.0 Å². The molecule has 0 aliphatic rings. The number of nitrogens with zero attached hydrogens (tertiary/aromatic N) is 6. The summed E-state index contributed by atoms with van der Waals surface area (Å²) in [5.74, 6) is 0.259. The Bertz CT molecular complexity index is 636. The Morgan fingerprint density at radius 1 is 1.45 bits per heavy atom. The third-order valence-electron chi connectivity index (χ3n) is 3.03. The van der Waals surface area contributed by atoms with Gasteiger partial charge in [-0.15, -0.1) is 15.3 Å². The maximum Gasteiger partial charge on any atom is 0.314 e. The van der Waals surface area contributed by atoms with Crippen LogP contribution < -0.4 is 10.1 Å². The van der Waals surface area contributed by atoms with Gasteiger partial charge in [0.05, 0.1) is 19.8 Å². The highest BCUT2D eigenvalue weighted by molar-refractivity contribution is 5.90. The van der Waals surface area contributed by atoms with Gasteiger partial charge < -0.3 is 19.4 Å². The van der Waals surface area contributed by atoms with Crippen LogP contribution in [-0.2, 0) is 18.3 Å². The Morgan fingerprint density at radius 2 is 2.23 bits per heavy atom. The molecule has 0 aromatic carbocycles. The smallest absolute Gasteiger partial charge is 0.314 e. The first kappa shape index (κ1) is 15.9. The summed E-state index contributed by atoms with van der Waals surface area (Å²) in [6.07, 6.45) is 1.60. The van der Waals surface area contributed by atoms with Crippen molar-refractivity contribution in [2.45, 2.75) is 19.5 Å². The third kappa shape index (κ3) is 3.39. The lowest BCUT2D eigenvalue weighted by atomic mass is 10.3. The van der Waals surface area contributed by atoms with Gasteiger partial charge in [-0.25, -0.2) is 4.68 Å². The first-order valence-corrected chi connectivity index (χ1v) is 6.69. The molecule has 10 nitrogen and oxygen atoms in total. The number of amides is 1. The molecular weight excluding hydrogens is 290 g/mol. The van der Waals surface area contributed by atoms with Crippen LogP contribution >= 0.6 is 0 Å². The van der Waals surface area contributed by atoms with Crippen molar-refractivity contribution >= 4 is 5.91 Å². The number of nitrogens with one attached hydrogen (secondary N) is 1. The summed E-state index contributed by atoms with van der Waals surface area (Å²) < 4.78 is 13.2. The Kier molecular flexibility index (Phi) is 5.04. The fourth-order valence-electron chi connectivity index (χ4n) is 1.93. The molecule has 0 bridgehead atoms. The molecule has 2 aromatic rings. The molecule has 0 spiro atoms. The number of hydrogen-bond acceptors (Lipinski definition) is 7. The van der Waals surface area contributed by atoms with E-state index in [9.17, 15) is 4.79 Å². The highest BCUT2D eigenvalue weighted by atomic mass is 16.5. The largest absolute Gasteiger partial charge is 0.467 e. The Balaban J connectivity index is 2.06. The molecule has 1 N–H and O–H groups in total. The molecule has 1 unspecified atom stereocenters. The van der Waals surface area contributed by atoms with Gasteiger partial charge in [0.2, 0.25) is 5.82 Å². The summed E-state index contributed by atoms with van der Waals surface area (Å²) in [5, 5.41) is 14.7. The third-order valence-corrected chi connectivity index (χ3v) is 3.03. The number of carbonyl (C=O) groups excluding carboxylic acids is 1. The molecular formula is C12H19N7O3. The summed E-state index contributed by atoms with van der Waals surface area (Å²) >= 11 is 0. The molecule has 0 radical (unpaired) electrons. The molecule has 0 aliphatic carbocycles. The van der Waals surface area contributed by atoms with Crippen LogP contribution in [0.3, 0.4) is 0 Å². The van der Waals surface area contributed by atoms with Crippen LogP contribution in [0.5, 0.6) is 6.01 Å². The lowest BCUT2D eigenvalue weighted by molar-refractivity contribution is 0.0926. The van der Waals surface area contributed by atoms with Crippen LogP contribution in [0.4, 0.5) is 0 Å². The summed E-state index contributed by atoms with van der Waals surface area (Å²) in [4.78, 5) is 16.2. The maximum absolute atomic E-state index is 12.2. The first-order valence-electron chi connectivity index (χ1n) is 6.69. The second kappa shape index (κ2) is 6.98. The quantitative estimate of drug-likeness (QED) is 0.738. The van der Waals surface area contributed by atoms with E-state index in [4.69, 9.17) is 9.47 Å². The molecule has 0 aliphatic heterocycles. The van der Waals surface area contributed by atoms with E-state index in [-0.39, 0.29) is 17.9 Å². The van der Waals surface area contributed by atoms with Crippen molar-refractivity contribution in [3.63, 3.8) is 0 Å². The van der Waals surface area contributed by atoms with Crippen LogP contribution in [0.1, 0.15) is 29.4 Å². The topological polar surface area (TPSA) is 109 Å². The molecule has 22 heavy (non-hydrogen) atoms. The zero-order chi connectivity index (χ0) is 16.1. The fraction of sp³-hybridized carbons (Fsp3) is 0.583. The van der Waals surface area contributed by atoms with E-state index >= 15 is 0 Å². The van der Waals surface area contributed by atoms with Crippen molar-refractivity contribution in [1.29, 1.82) is 0 Å². The zero-order valence-electron chi connectivity index (χ0n) is 13.0. The molecule has 1 amide bonds. The van der Waals surface area contributed by atoms with E-state index < -0.39 is 5.91 Å². The predicted molar refractivity (Wildman–Crippen MR) is 75.3 cm³/mol. The Hall–Kier alpha value is -2.49. The van der Waals surface area contributed by atoms with Crippen molar-refractivity contribution in [2.24, 2.45) is 7.05 Å². The number of rotatable bonds is 7. The molecule has 10 heteroatoms.